The van der Waals surface area contributed by atoms with Gasteiger partial charge >= 0.3 is 6.09 Å². The molecule has 158 valence electrons. The van der Waals surface area contributed by atoms with Crippen LogP contribution in [0.3, 0.4) is 0 Å². The van der Waals surface area contributed by atoms with Crippen LogP contribution in [0.15, 0.2) is 22.8 Å². The van der Waals surface area contributed by atoms with Crippen molar-refractivity contribution in [3.8, 4) is 5.75 Å². The first-order valence-corrected chi connectivity index (χ1v) is 9.56. The standard InChI is InChI=1S/C21H27FN2O5/c1-12-11-28-17-7-13(6-16(27-5)18(12)17)19(25)24-9-14(22)8-15(10-24)23-20(26)29-21(2,3)4/h6-7,11,14-15H,8-10H2,1-5H3,(H,23,26)/t14-,15-/m1/s1. The van der Waals surface area contributed by atoms with Crippen molar-refractivity contribution < 1.29 is 27.9 Å². The molecule has 2 atom stereocenters. The summed E-state index contributed by atoms with van der Waals surface area (Å²) in [6, 6.07) is 2.73. The summed E-state index contributed by atoms with van der Waals surface area (Å²) in [5.74, 6) is 0.173. The van der Waals surface area contributed by atoms with Gasteiger partial charge in [0.25, 0.3) is 5.91 Å². The molecule has 1 saturated heterocycles. The van der Waals surface area contributed by atoms with E-state index in [1.54, 1.807) is 39.2 Å². The van der Waals surface area contributed by atoms with Gasteiger partial charge in [0.05, 0.1) is 31.3 Å². The normalized spacial score (nSPS) is 19.9. The number of amides is 2. The number of piperidine rings is 1. The second kappa shape index (κ2) is 7.93. The molecule has 1 fully saturated rings. The first-order valence-electron chi connectivity index (χ1n) is 9.56. The molecule has 3 rings (SSSR count). The summed E-state index contributed by atoms with van der Waals surface area (Å²) in [6.07, 6.45) is -0.147. The van der Waals surface area contributed by atoms with Crippen molar-refractivity contribution >= 4 is 23.0 Å². The summed E-state index contributed by atoms with van der Waals surface area (Å²) in [4.78, 5) is 26.5. The number of methoxy groups -OCH3 is 1. The molecular weight excluding hydrogens is 379 g/mol. The largest absolute Gasteiger partial charge is 0.496 e. The molecule has 1 aromatic heterocycles. The summed E-state index contributed by atoms with van der Waals surface area (Å²) < 4.78 is 30.5. The zero-order valence-corrected chi connectivity index (χ0v) is 17.4. The zero-order chi connectivity index (χ0) is 21.3. The number of alkyl halides is 1. The van der Waals surface area contributed by atoms with Crippen LogP contribution in [0.25, 0.3) is 11.0 Å². The number of carbonyl (C=O) groups is 2. The lowest BCUT2D eigenvalue weighted by Crippen LogP contribution is -2.54. The molecule has 8 heteroatoms. The highest BCUT2D eigenvalue weighted by Gasteiger charge is 2.33. The van der Waals surface area contributed by atoms with Gasteiger partial charge in [0, 0.05) is 18.5 Å². The summed E-state index contributed by atoms with van der Waals surface area (Å²) in [6.45, 7) is 7.30. The fourth-order valence-electron chi connectivity index (χ4n) is 3.53. The van der Waals surface area contributed by atoms with E-state index < -0.39 is 23.9 Å². The summed E-state index contributed by atoms with van der Waals surface area (Å²) >= 11 is 0. The molecule has 7 nitrogen and oxygen atoms in total. The second-order valence-corrected chi connectivity index (χ2v) is 8.36. The van der Waals surface area contributed by atoms with Gasteiger partial charge in [-0.1, -0.05) is 0 Å². The quantitative estimate of drug-likeness (QED) is 0.838. The van der Waals surface area contributed by atoms with Gasteiger partial charge in [-0.3, -0.25) is 4.79 Å². The van der Waals surface area contributed by atoms with Gasteiger partial charge in [-0.25, -0.2) is 9.18 Å². The summed E-state index contributed by atoms with van der Waals surface area (Å²) in [5, 5.41) is 3.46. The highest BCUT2D eigenvalue weighted by molar-refractivity contribution is 6.00. The van der Waals surface area contributed by atoms with Gasteiger partial charge in [0.2, 0.25) is 0 Å². The summed E-state index contributed by atoms with van der Waals surface area (Å²) in [7, 11) is 1.52. The molecule has 0 spiro atoms. The molecular formula is C21H27FN2O5. The maximum atomic E-state index is 14.3. The van der Waals surface area contributed by atoms with Crippen LogP contribution in [0.1, 0.15) is 43.1 Å². The highest BCUT2D eigenvalue weighted by atomic mass is 19.1. The van der Waals surface area contributed by atoms with Gasteiger partial charge < -0.3 is 24.1 Å². The van der Waals surface area contributed by atoms with Gasteiger partial charge in [0.1, 0.15) is 23.1 Å². The molecule has 0 saturated carbocycles. The minimum atomic E-state index is -1.25. The number of rotatable bonds is 3. The number of hydrogen-bond acceptors (Lipinski definition) is 5. The maximum absolute atomic E-state index is 14.3. The molecule has 0 radical (unpaired) electrons. The number of nitrogens with zero attached hydrogens (tertiary/aromatic N) is 1. The Balaban J connectivity index is 1.78. The number of likely N-dealkylation sites (tertiary alicyclic amines) is 1. The van der Waals surface area contributed by atoms with Crippen LogP contribution >= 0.6 is 0 Å². The van der Waals surface area contributed by atoms with E-state index in [0.717, 1.165) is 10.9 Å². The molecule has 1 aliphatic rings. The highest BCUT2D eigenvalue weighted by Crippen LogP contribution is 2.32. The first-order chi connectivity index (χ1) is 13.6. The average molecular weight is 406 g/mol. The van der Waals surface area contributed by atoms with Crippen LogP contribution in [0.2, 0.25) is 0 Å². The van der Waals surface area contributed by atoms with Crippen LogP contribution in [-0.2, 0) is 4.74 Å². The Morgan fingerprint density at radius 1 is 1.28 bits per heavy atom. The SMILES string of the molecule is COc1cc(C(=O)N2C[C@H](F)C[C@@H](NC(=O)OC(C)(C)C)C2)cc2occ(C)c12. The van der Waals surface area contributed by atoms with Gasteiger partial charge in [-0.05, 0) is 45.4 Å². The Bertz CT molecular complexity index is 918. The van der Waals surface area contributed by atoms with E-state index in [0.29, 0.717) is 16.9 Å². The zero-order valence-electron chi connectivity index (χ0n) is 17.4. The average Bonchev–Trinajstić information content (AvgIpc) is 2.99. The molecule has 0 aliphatic carbocycles. The number of alkyl carbamates (subject to hydrolysis) is 1. The van der Waals surface area contributed by atoms with Crippen molar-refractivity contribution in [1.82, 2.24) is 10.2 Å². The maximum Gasteiger partial charge on any atom is 0.407 e. The number of hydrogen-bond donors (Lipinski definition) is 1. The van der Waals surface area contributed by atoms with Gasteiger partial charge in [0.15, 0.2) is 0 Å². The minimum absolute atomic E-state index is 0.0388. The number of nitrogens with one attached hydrogen (secondary N) is 1. The smallest absolute Gasteiger partial charge is 0.407 e. The molecule has 29 heavy (non-hydrogen) atoms. The van der Waals surface area contributed by atoms with Crippen molar-refractivity contribution in [2.45, 2.75) is 51.9 Å². The lowest BCUT2D eigenvalue weighted by atomic mass is 10.0. The number of halogens is 1. The monoisotopic (exact) mass is 406 g/mol. The predicted octanol–water partition coefficient (Wildman–Crippen LogP) is 3.83. The van der Waals surface area contributed by atoms with Crippen molar-refractivity contribution in [3.05, 3.63) is 29.5 Å². The topological polar surface area (TPSA) is 81.0 Å². The first kappa shape index (κ1) is 21.0. The van der Waals surface area contributed by atoms with Crippen LogP contribution < -0.4 is 10.1 Å². The van der Waals surface area contributed by atoms with E-state index in [9.17, 15) is 14.0 Å². The van der Waals surface area contributed by atoms with Gasteiger partial charge in [-0.15, -0.1) is 0 Å². The third-order valence-corrected chi connectivity index (χ3v) is 4.70. The van der Waals surface area contributed by atoms with Crippen molar-refractivity contribution in [1.29, 1.82) is 0 Å². The summed E-state index contributed by atoms with van der Waals surface area (Å²) in [5.41, 5.74) is 1.12. The second-order valence-electron chi connectivity index (χ2n) is 8.36. The van der Waals surface area contributed by atoms with E-state index in [2.05, 4.69) is 5.32 Å². The number of furan rings is 1. The Morgan fingerprint density at radius 3 is 2.66 bits per heavy atom. The van der Waals surface area contributed by atoms with Crippen molar-refractivity contribution in [2.75, 3.05) is 20.2 Å². The van der Waals surface area contributed by atoms with E-state index in [4.69, 9.17) is 13.9 Å². The third-order valence-electron chi connectivity index (χ3n) is 4.70. The molecule has 1 aromatic carbocycles. The van der Waals surface area contributed by atoms with Crippen LogP contribution in [0.4, 0.5) is 9.18 Å². The van der Waals surface area contributed by atoms with Crippen LogP contribution in [-0.4, -0.2) is 54.9 Å². The minimum Gasteiger partial charge on any atom is -0.496 e. The number of fused-ring (bicyclic) bond motifs is 1. The lowest BCUT2D eigenvalue weighted by Gasteiger charge is -2.35. The Morgan fingerprint density at radius 2 is 2.00 bits per heavy atom. The number of carbonyl (C=O) groups excluding carboxylic acids is 2. The van der Waals surface area contributed by atoms with Gasteiger partial charge in [-0.2, -0.15) is 0 Å². The fraction of sp³-hybridized carbons (Fsp3) is 0.524. The molecule has 2 amide bonds. The third kappa shape index (κ3) is 4.81. The number of benzene rings is 1. The molecule has 1 aliphatic heterocycles. The fourth-order valence-corrected chi connectivity index (χ4v) is 3.53. The molecule has 0 unspecified atom stereocenters. The molecule has 1 N–H and O–H groups in total. The van der Waals surface area contributed by atoms with E-state index >= 15 is 0 Å². The van der Waals surface area contributed by atoms with Crippen molar-refractivity contribution in [3.63, 3.8) is 0 Å². The lowest BCUT2D eigenvalue weighted by molar-refractivity contribution is 0.0394. The Hall–Kier alpha value is -2.77. The molecule has 0 bridgehead atoms. The number of aryl methyl sites for hydroxylation is 1. The van der Waals surface area contributed by atoms with E-state index in [1.807, 2.05) is 6.92 Å². The van der Waals surface area contributed by atoms with E-state index in [1.165, 1.54) is 12.0 Å². The molecule has 2 heterocycles. The van der Waals surface area contributed by atoms with E-state index in [-0.39, 0.29) is 25.4 Å². The Labute approximate surface area is 169 Å². The molecule has 2 aromatic rings. The van der Waals surface area contributed by atoms with Crippen LogP contribution in [0, 0.1) is 6.92 Å². The number of ether oxygens (including phenoxy) is 2. The predicted molar refractivity (Wildman–Crippen MR) is 106 cm³/mol. The van der Waals surface area contributed by atoms with Crippen molar-refractivity contribution in [2.24, 2.45) is 0 Å². The van der Waals surface area contributed by atoms with Crippen LogP contribution in [0.5, 0.6) is 5.75 Å². The Kier molecular flexibility index (Phi) is 5.73.